The second-order valence-corrected chi connectivity index (χ2v) is 7.50. The van der Waals surface area contributed by atoms with Crippen molar-refractivity contribution < 1.29 is 28.0 Å². The molecule has 0 spiro atoms. The average Bonchev–Trinajstić information content (AvgIpc) is 2.70. The summed E-state index contributed by atoms with van der Waals surface area (Å²) in [4.78, 5) is 47.7. The third-order valence-electron chi connectivity index (χ3n) is 4.55. The van der Waals surface area contributed by atoms with Gasteiger partial charge in [-0.1, -0.05) is 42.5 Å². The molecular formula is C21H22ClF2N3O4. The van der Waals surface area contributed by atoms with Crippen LogP contribution in [0.1, 0.15) is 31.7 Å². The zero-order valence-corrected chi connectivity index (χ0v) is 17.5. The third kappa shape index (κ3) is 6.45. The van der Waals surface area contributed by atoms with E-state index in [1.165, 1.54) is 31.2 Å². The van der Waals surface area contributed by atoms with Gasteiger partial charge in [-0.3, -0.25) is 24.5 Å². The molecule has 0 radical (unpaired) electrons. The van der Waals surface area contributed by atoms with Crippen molar-refractivity contribution in [3.05, 3.63) is 59.2 Å². The minimum Gasteiger partial charge on any atom is -0.348 e. The fourth-order valence-electron chi connectivity index (χ4n) is 2.95. The van der Waals surface area contributed by atoms with Gasteiger partial charge in [-0.05, 0) is 31.9 Å². The van der Waals surface area contributed by atoms with Crippen molar-refractivity contribution in [1.29, 1.82) is 0 Å². The first-order chi connectivity index (χ1) is 14.5. The minimum absolute atomic E-state index is 0.0867. The Morgan fingerprint density at radius 3 is 2.55 bits per heavy atom. The highest BCUT2D eigenvalue weighted by molar-refractivity contribution is 6.30. The van der Waals surface area contributed by atoms with Crippen LogP contribution in [0.4, 0.5) is 8.78 Å². The molecule has 31 heavy (non-hydrogen) atoms. The summed E-state index contributed by atoms with van der Waals surface area (Å²) in [6, 6.07) is 2.91. The van der Waals surface area contributed by atoms with Gasteiger partial charge in [0.1, 0.15) is 6.04 Å². The average molecular weight is 454 g/mol. The maximum Gasteiger partial charge on any atom is 0.349 e. The lowest BCUT2D eigenvalue weighted by atomic mass is 10.0. The molecule has 1 fully saturated rings. The number of piperidine rings is 1. The number of alkyl halides is 2. The first kappa shape index (κ1) is 24.2. The van der Waals surface area contributed by atoms with Crippen LogP contribution in [0.3, 0.4) is 0 Å². The van der Waals surface area contributed by atoms with Gasteiger partial charge < -0.3 is 10.6 Å². The van der Waals surface area contributed by atoms with Crippen molar-refractivity contribution in [2.24, 2.45) is 0 Å². The van der Waals surface area contributed by atoms with E-state index in [0.717, 1.165) is 12.1 Å². The number of halogens is 3. The van der Waals surface area contributed by atoms with E-state index in [9.17, 15) is 28.0 Å². The van der Waals surface area contributed by atoms with Gasteiger partial charge in [0.15, 0.2) is 0 Å². The second-order valence-electron chi connectivity index (χ2n) is 7.06. The number of imide groups is 1. The van der Waals surface area contributed by atoms with E-state index >= 15 is 0 Å². The number of rotatable bonds is 8. The zero-order valence-electron chi connectivity index (χ0n) is 16.7. The fraction of sp³-hybridized carbons (Fsp3) is 0.333. The molecule has 1 aromatic rings. The lowest BCUT2D eigenvalue weighted by molar-refractivity contribution is -0.147. The Bertz CT molecular complexity index is 916. The molecule has 0 saturated carbocycles. The summed E-state index contributed by atoms with van der Waals surface area (Å²) in [5.41, 5.74) is -0.388. The van der Waals surface area contributed by atoms with Crippen molar-refractivity contribution >= 4 is 35.2 Å². The first-order valence-corrected chi connectivity index (χ1v) is 9.83. The van der Waals surface area contributed by atoms with Crippen LogP contribution in [0, 0.1) is 0 Å². The van der Waals surface area contributed by atoms with Gasteiger partial charge in [0.05, 0.1) is 0 Å². The van der Waals surface area contributed by atoms with Gasteiger partial charge in [-0.2, -0.15) is 8.78 Å². The van der Waals surface area contributed by atoms with E-state index < -0.39 is 47.2 Å². The summed E-state index contributed by atoms with van der Waals surface area (Å²) in [6.45, 7) is 4.97. The number of amides is 4. The number of nitrogens with one attached hydrogen (secondary N) is 3. The summed E-state index contributed by atoms with van der Waals surface area (Å²) < 4.78 is 28.9. The number of carbonyl (C=O) groups excluding carboxylic acids is 4. The van der Waals surface area contributed by atoms with Gasteiger partial charge in [-0.15, -0.1) is 0 Å². The predicted octanol–water partition coefficient (Wildman–Crippen LogP) is 2.36. The summed E-state index contributed by atoms with van der Waals surface area (Å²) in [5.74, 6) is -6.98. The van der Waals surface area contributed by atoms with E-state index in [2.05, 4.69) is 22.5 Å². The van der Waals surface area contributed by atoms with E-state index in [0.29, 0.717) is 0 Å². The van der Waals surface area contributed by atoms with Gasteiger partial charge >= 0.3 is 5.92 Å². The Hall–Kier alpha value is -3.07. The molecule has 0 aromatic heterocycles. The van der Waals surface area contributed by atoms with Crippen molar-refractivity contribution in [3.8, 4) is 0 Å². The molecule has 2 unspecified atom stereocenters. The van der Waals surface area contributed by atoms with Crippen LogP contribution < -0.4 is 16.0 Å². The molecule has 1 saturated heterocycles. The molecule has 7 nitrogen and oxygen atoms in total. The topological polar surface area (TPSA) is 104 Å². The van der Waals surface area contributed by atoms with Gasteiger partial charge in [0.2, 0.25) is 17.7 Å². The van der Waals surface area contributed by atoms with Crippen LogP contribution in [-0.4, -0.2) is 35.7 Å². The smallest absolute Gasteiger partial charge is 0.348 e. The zero-order chi connectivity index (χ0) is 23.2. The standard InChI is InChI=1S/C21H22ClF2N3O4/c1-3-4-13(18(29)26-16-9-10-17(28)27-19(16)30)11-12(2)25-20(31)21(23,24)14-5-7-15(22)8-6-14/h3-8,12,16H,1,9-11H2,2H3,(H,25,31)(H,26,29)(H,27,28,30)/b13-4+. The Balaban J connectivity index is 2.01. The summed E-state index contributed by atoms with van der Waals surface area (Å²) >= 11 is 5.69. The van der Waals surface area contributed by atoms with Crippen molar-refractivity contribution in [2.45, 2.75) is 44.2 Å². The summed E-state index contributed by atoms with van der Waals surface area (Å²) in [5, 5.41) is 7.08. The molecule has 4 amide bonds. The first-order valence-electron chi connectivity index (χ1n) is 9.45. The second kappa shape index (κ2) is 10.3. The van der Waals surface area contributed by atoms with Crippen LogP contribution in [0.25, 0.3) is 0 Å². The Labute approximate surface area is 182 Å². The Morgan fingerprint density at radius 1 is 1.32 bits per heavy atom. The normalized spacial score (nSPS) is 18.1. The van der Waals surface area contributed by atoms with Gasteiger partial charge in [0, 0.05) is 28.6 Å². The number of benzene rings is 1. The third-order valence-corrected chi connectivity index (χ3v) is 4.80. The Kier molecular flexibility index (Phi) is 8.04. The molecule has 0 bridgehead atoms. The van der Waals surface area contributed by atoms with Gasteiger partial charge in [0.25, 0.3) is 5.91 Å². The summed E-state index contributed by atoms with van der Waals surface area (Å²) in [6.07, 6.45) is 2.84. The molecule has 3 N–H and O–H groups in total. The highest BCUT2D eigenvalue weighted by Gasteiger charge is 2.41. The van der Waals surface area contributed by atoms with Crippen LogP contribution in [0.15, 0.2) is 48.6 Å². The molecule has 0 aliphatic carbocycles. The molecule has 1 aromatic carbocycles. The van der Waals surface area contributed by atoms with Crippen LogP contribution in [0.5, 0.6) is 0 Å². The van der Waals surface area contributed by atoms with E-state index in [4.69, 9.17) is 11.6 Å². The molecular weight excluding hydrogens is 432 g/mol. The molecule has 2 atom stereocenters. The van der Waals surface area contributed by atoms with E-state index in [1.54, 1.807) is 0 Å². The molecule has 166 valence electrons. The molecule has 2 rings (SSSR count). The number of hydrogen-bond donors (Lipinski definition) is 3. The van der Waals surface area contributed by atoms with E-state index in [-0.39, 0.29) is 29.9 Å². The lowest BCUT2D eigenvalue weighted by Crippen LogP contribution is -2.52. The largest absolute Gasteiger partial charge is 0.349 e. The molecule has 1 aliphatic rings. The SMILES string of the molecule is C=C/C=C(\CC(C)NC(=O)C(F)(F)c1ccc(Cl)cc1)C(=O)NC1CCC(=O)NC1=O. The highest BCUT2D eigenvalue weighted by Crippen LogP contribution is 2.29. The van der Waals surface area contributed by atoms with Crippen molar-refractivity contribution in [3.63, 3.8) is 0 Å². The van der Waals surface area contributed by atoms with Crippen LogP contribution in [-0.2, 0) is 25.1 Å². The molecule has 10 heteroatoms. The number of allylic oxidation sites excluding steroid dienone is 2. The quantitative estimate of drug-likeness (QED) is 0.319. The fourth-order valence-corrected chi connectivity index (χ4v) is 3.07. The highest BCUT2D eigenvalue weighted by atomic mass is 35.5. The van der Waals surface area contributed by atoms with Crippen molar-refractivity contribution in [1.82, 2.24) is 16.0 Å². The summed E-state index contributed by atoms with van der Waals surface area (Å²) in [7, 11) is 0. The Morgan fingerprint density at radius 2 is 1.97 bits per heavy atom. The van der Waals surface area contributed by atoms with Crippen LogP contribution >= 0.6 is 11.6 Å². The molecule has 1 heterocycles. The lowest BCUT2D eigenvalue weighted by Gasteiger charge is -2.24. The van der Waals surface area contributed by atoms with Gasteiger partial charge in [-0.25, -0.2) is 0 Å². The minimum atomic E-state index is -3.80. The predicted molar refractivity (Wildman–Crippen MR) is 110 cm³/mol. The maximum atomic E-state index is 14.4. The number of carbonyl (C=O) groups is 4. The van der Waals surface area contributed by atoms with Crippen LogP contribution in [0.2, 0.25) is 5.02 Å². The number of hydrogen-bond acceptors (Lipinski definition) is 4. The molecule has 1 aliphatic heterocycles. The maximum absolute atomic E-state index is 14.4. The van der Waals surface area contributed by atoms with E-state index in [1.807, 2.05) is 0 Å². The van der Waals surface area contributed by atoms with Crippen molar-refractivity contribution in [2.75, 3.05) is 0 Å². The monoisotopic (exact) mass is 453 g/mol.